The molecule has 0 bridgehead atoms. The largest absolute Gasteiger partial charge is 0.452 e. The Morgan fingerprint density at radius 1 is 1.03 bits per heavy atom. The maximum atomic E-state index is 13.3. The van der Waals surface area contributed by atoms with Crippen molar-refractivity contribution >= 4 is 23.4 Å². The summed E-state index contributed by atoms with van der Waals surface area (Å²) in [4.78, 5) is 58.4. The number of rotatable bonds is 9. The molecule has 1 atom stereocenters. The predicted octanol–water partition coefficient (Wildman–Crippen LogP) is 2.90. The van der Waals surface area contributed by atoms with Crippen molar-refractivity contribution in [1.82, 2.24) is 25.2 Å². The smallest absolute Gasteiger partial charge is 0.344 e. The van der Waals surface area contributed by atoms with Crippen molar-refractivity contribution in [2.24, 2.45) is 5.92 Å². The van der Waals surface area contributed by atoms with Crippen LogP contribution in [0.1, 0.15) is 19.4 Å². The van der Waals surface area contributed by atoms with Crippen LogP contribution in [0.2, 0.25) is 0 Å². The first kappa shape index (κ1) is 28.0. The lowest BCUT2D eigenvalue weighted by Gasteiger charge is -2.23. The summed E-state index contributed by atoms with van der Waals surface area (Å²) in [6.45, 7) is 2.08. The average molecular weight is 531 g/mol. The summed E-state index contributed by atoms with van der Waals surface area (Å²) in [5.41, 5.74) is 0.0564. The molecule has 0 radical (unpaired) electrons. The Morgan fingerprint density at radius 2 is 1.74 bits per heavy atom. The highest BCUT2D eigenvalue weighted by molar-refractivity contribution is 5.93. The summed E-state index contributed by atoms with van der Waals surface area (Å²) in [5.74, 6) is -3.95. The van der Waals surface area contributed by atoms with Gasteiger partial charge in [-0.3, -0.25) is 23.9 Å². The lowest BCUT2D eigenvalue weighted by atomic mass is 9.99. The molecule has 0 spiro atoms. The number of alkyl halides is 3. The van der Waals surface area contributed by atoms with Gasteiger partial charge in [-0.25, -0.2) is 9.78 Å². The monoisotopic (exact) mass is 530 g/mol. The first-order chi connectivity index (χ1) is 18.0. The summed E-state index contributed by atoms with van der Waals surface area (Å²) >= 11 is 0. The van der Waals surface area contributed by atoms with Gasteiger partial charge in [-0.15, -0.1) is 0 Å². The van der Waals surface area contributed by atoms with Crippen molar-refractivity contribution in [1.29, 1.82) is 0 Å². The predicted molar refractivity (Wildman–Crippen MR) is 132 cm³/mol. The maximum absolute atomic E-state index is 13.3. The number of nitrogens with zero attached hydrogens (tertiary/aromatic N) is 3. The first-order valence-corrected chi connectivity index (χ1v) is 11.5. The summed E-state index contributed by atoms with van der Waals surface area (Å²) in [6, 6.07) is 9.15. The van der Waals surface area contributed by atoms with Crippen LogP contribution in [-0.2, 0) is 22.7 Å². The van der Waals surface area contributed by atoms with E-state index in [-0.39, 0.29) is 18.1 Å². The number of benzene rings is 1. The van der Waals surface area contributed by atoms with Crippen LogP contribution in [0.5, 0.6) is 0 Å². The number of hydrogen-bond donors (Lipinski definition) is 3. The van der Waals surface area contributed by atoms with Crippen LogP contribution in [-0.4, -0.2) is 44.5 Å². The van der Waals surface area contributed by atoms with Crippen molar-refractivity contribution in [2.75, 3.05) is 5.32 Å². The van der Waals surface area contributed by atoms with E-state index in [0.717, 1.165) is 10.8 Å². The van der Waals surface area contributed by atoms with Crippen LogP contribution >= 0.6 is 0 Å². The number of nitrogens with one attached hydrogen (secondary N) is 3. The molecule has 3 N–H and O–H groups in total. The number of carbonyl (C=O) groups is 3. The number of urea groups is 1. The Morgan fingerprint density at radius 3 is 2.34 bits per heavy atom. The van der Waals surface area contributed by atoms with Gasteiger partial charge < -0.3 is 16.0 Å². The van der Waals surface area contributed by atoms with Crippen LogP contribution < -0.4 is 21.5 Å². The van der Waals surface area contributed by atoms with Gasteiger partial charge in [-0.2, -0.15) is 13.2 Å². The zero-order valence-electron chi connectivity index (χ0n) is 20.5. The molecule has 3 rings (SSSR count). The van der Waals surface area contributed by atoms with E-state index in [4.69, 9.17) is 0 Å². The van der Waals surface area contributed by atoms with Crippen molar-refractivity contribution in [3.8, 4) is 11.4 Å². The zero-order valence-corrected chi connectivity index (χ0v) is 20.5. The van der Waals surface area contributed by atoms with Gasteiger partial charge in [0, 0.05) is 24.5 Å². The third kappa shape index (κ3) is 7.24. The van der Waals surface area contributed by atoms with E-state index in [1.54, 1.807) is 54.9 Å². The number of hydrogen-bond acceptors (Lipinski definition) is 6. The lowest BCUT2D eigenvalue weighted by Crippen LogP contribution is -2.51. The second-order valence-corrected chi connectivity index (χ2v) is 8.57. The van der Waals surface area contributed by atoms with Gasteiger partial charge in [0.15, 0.2) is 0 Å². The molecule has 0 saturated heterocycles. The number of pyridine rings is 1. The van der Waals surface area contributed by atoms with E-state index in [1.165, 1.54) is 13.8 Å². The number of Topliss-reactive ketones (excluding diaryl/α,β-unsaturated/α-hetero) is 1. The molecule has 200 valence electrons. The summed E-state index contributed by atoms with van der Waals surface area (Å²) < 4.78 is 40.0. The van der Waals surface area contributed by atoms with Crippen molar-refractivity contribution in [2.45, 2.75) is 39.2 Å². The Hall–Kier alpha value is -4.55. The average Bonchev–Trinajstić information content (AvgIpc) is 2.88. The Balaban J connectivity index is 1.87. The molecule has 0 fully saturated rings. The number of carbonyl (C=O) groups excluding carboxylic acids is 3. The number of ketones is 1. The van der Waals surface area contributed by atoms with Crippen molar-refractivity contribution in [3.05, 3.63) is 77.0 Å². The molecule has 2 aromatic heterocycles. The minimum Gasteiger partial charge on any atom is -0.344 e. The minimum absolute atomic E-state index is 0.0373. The fraction of sp³-hybridized carbons (Fsp3) is 0.280. The molecule has 1 unspecified atom stereocenters. The summed E-state index contributed by atoms with van der Waals surface area (Å²) in [6.07, 6.45) is -0.907. The molecule has 0 aliphatic heterocycles. The molecule has 1 aromatic carbocycles. The van der Waals surface area contributed by atoms with Gasteiger partial charge >= 0.3 is 12.2 Å². The molecular weight excluding hydrogens is 505 g/mol. The molecule has 10 nitrogen and oxygen atoms in total. The normalized spacial score (nSPS) is 12.1. The Bertz CT molecular complexity index is 1340. The van der Waals surface area contributed by atoms with Gasteiger partial charge in [0.1, 0.15) is 18.1 Å². The molecule has 13 heteroatoms. The molecule has 38 heavy (non-hydrogen) atoms. The maximum Gasteiger partial charge on any atom is 0.452 e. The molecule has 2 heterocycles. The van der Waals surface area contributed by atoms with Crippen LogP contribution in [0.15, 0.2) is 65.8 Å². The van der Waals surface area contributed by atoms with Gasteiger partial charge in [0.2, 0.25) is 5.91 Å². The highest BCUT2D eigenvalue weighted by Gasteiger charge is 2.45. The number of aromatic nitrogens is 3. The third-order valence-electron chi connectivity index (χ3n) is 5.35. The van der Waals surface area contributed by atoms with Gasteiger partial charge in [-0.1, -0.05) is 50.2 Å². The molecule has 3 aromatic rings. The lowest BCUT2D eigenvalue weighted by molar-refractivity contribution is -0.174. The van der Waals surface area contributed by atoms with E-state index >= 15 is 0 Å². The quantitative estimate of drug-likeness (QED) is 0.389. The first-order valence-electron chi connectivity index (χ1n) is 11.5. The summed E-state index contributed by atoms with van der Waals surface area (Å²) in [5, 5.41) is 7.00. The van der Waals surface area contributed by atoms with Gasteiger partial charge in [0.25, 0.3) is 11.3 Å². The fourth-order valence-corrected chi connectivity index (χ4v) is 3.47. The standard InChI is InChI=1S/C25H25F3N6O4/c1-15(2)20(21(36)25(26,27)28)33-19(35)14-34-22(17-8-4-3-5-9-17)30-13-18(23(34)37)32-24(38)31-12-16-7-6-10-29-11-16/h3-11,13,15,20H,12,14H2,1-2H3,(H,33,35)(H2,31,32,38). The number of amides is 3. The topological polar surface area (TPSA) is 135 Å². The summed E-state index contributed by atoms with van der Waals surface area (Å²) in [7, 11) is 0. The van der Waals surface area contributed by atoms with Crippen LogP contribution in [0.25, 0.3) is 11.4 Å². The number of anilines is 1. The van der Waals surface area contributed by atoms with E-state index in [1.807, 2.05) is 0 Å². The molecule has 0 aliphatic rings. The molecular formula is C25H25F3N6O4. The molecule has 0 aliphatic carbocycles. The van der Waals surface area contributed by atoms with Gasteiger partial charge in [0.05, 0.1) is 12.2 Å². The second-order valence-electron chi connectivity index (χ2n) is 8.57. The van der Waals surface area contributed by atoms with Crippen LogP contribution in [0.3, 0.4) is 0 Å². The van der Waals surface area contributed by atoms with E-state index < -0.39 is 48.0 Å². The highest BCUT2D eigenvalue weighted by Crippen LogP contribution is 2.21. The van der Waals surface area contributed by atoms with Crippen LogP contribution in [0, 0.1) is 5.92 Å². The van der Waals surface area contributed by atoms with Gasteiger partial charge in [-0.05, 0) is 17.5 Å². The van der Waals surface area contributed by atoms with Crippen molar-refractivity contribution < 1.29 is 27.6 Å². The van der Waals surface area contributed by atoms with Crippen molar-refractivity contribution in [3.63, 3.8) is 0 Å². The number of halogens is 3. The third-order valence-corrected chi connectivity index (χ3v) is 5.35. The molecule has 3 amide bonds. The molecule has 0 saturated carbocycles. The SMILES string of the molecule is CC(C)C(NC(=O)Cn1c(-c2ccccc2)ncc(NC(=O)NCc2cccnc2)c1=O)C(=O)C(F)(F)F. The zero-order chi connectivity index (χ0) is 27.9. The van der Waals surface area contributed by atoms with Crippen LogP contribution in [0.4, 0.5) is 23.7 Å². The second kappa shape index (κ2) is 12.1. The fourth-order valence-electron chi connectivity index (χ4n) is 3.47. The van der Waals surface area contributed by atoms with E-state index in [9.17, 15) is 32.3 Å². The minimum atomic E-state index is -5.15. The Kier molecular flexibility index (Phi) is 8.94. The van der Waals surface area contributed by atoms with E-state index in [2.05, 4.69) is 25.9 Å². The Labute approximate surface area is 215 Å². The van der Waals surface area contributed by atoms with E-state index in [0.29, 0.717) is 11.1 Å². The highest BCUT2D eigenvalue weighted by atomic mass is 19.4.